The van der Waals surface area contributed by atoms with Crippen molar-refractivity contribution in [2.75, 3.05) is 18.5 Å². The standard InChI is InChI=1S/C8H12N2OS/c1-6-3-4-12-8(6)10(2)5-7(9)11/h3-4H,5H2,1-2H3,(H2,9,11). The fraction of sp³-hybridized carbons (Fsp3) is 0.375. The van der Waals surface area contributed by atoms with E-state index in [1.165, 1.54) is 5.56 Å². The third kappa shape index (κ3) is 1.98. The zero-order valence-corrected chi connectivity index (χ0v) is 8.02. The van der Waals surface area contributed by atoms with Gasteiger partial charge in [0.1, 0.15) is 0 Å². The zero-order valence-electron chi connectivity index (χ0n) is 7.20. The molecule has 2 N–H and O–H groups in total. The van der Waals surface area contributed by atoms with Gasteiger partial charge in [-0.25, -0.2) is 0 Å². The van der Waals surface area contributed by atoms with Gasteiger partial charge in [0.25, 0.3) is 0 Å². The Morgan fingerprint density at radius 2 is 2.42 bits per heavy atom. The summed E-state index contributed by atoms with van der Waals surface area (Å²) in [5.74, 6) is -0.301. The number of nitrogens with two attached hydrogens (primary N) is 1. The van der Waals surface area contributed by atoms with Crippen LogP contribution in [0.15, 0.2) is 11.4 Å². The van der Waals surface area contributed by atoms with E-state index in [2.05, 4.69) is 0 Å². The molecular formula is C8H12N2OS. The lowest BCUT2D eigenvalue weighted by Gasteiger charge is -2.15. The molecule has 0 saturated carbocycles. The molecule has 0 aliphatic carbocycles. The first-order valence-corrected chi connectivity index (χ1v) is 4.52. The molecule has 0 radical (unpaired) electrons. The molecule has 0 saturated heterocycles. The monoisotopic (exact) mass is 184 g/mol. The molecule has 0 atom stereocenters. The van der Waals surface area contributed by atoms with Gasteiger partial charge < -0.3 is 10.6 Å². The number of carbonyl (C=O) groups is 1. The molecule has 0 unspecified atom stereocenters. The molecule has 1 aromatic rings. The highest BCUT2D eigenvalue weighted by Crippen LogP contribution is 2.25. The fourth-order valence-corrected chi connectivity index (χ4v) is 1.96. The third-order valence-corrected chi connectivity index (χ3v) is 2.70. The number of amides is 1. The number of nitrogens with zero attached hydrogens (tertiary/aromatic N) is 1. The van der Waals surface area contributed by atoms with Crippen LogP contribution in [0, 0.1) is 6.92 Å². The summed E-state index contributed by atoms with van der Waals surface area (Å²) in [6.07, 6.45) is 0. The van der Waals surface area contributed by atoms with Gasteiger partial charge in [-0.3, -0.25) is 4.79 Å². The van der Waals surface area contributed by atoms with E-state index in [0.717, 1.165) is 5.00 Å². The summed E-state index contributed by atoms with van der Waals surface area (Å²) < 4.78 is 0. The molecular weight excluding hydrogens is 172 g/mol. The number of primary amides is 1. The molecule has 0 fully saturated rings. The van der Waals surface area contributed by atoms with E-state index in [4.69, 9.17) is 5.73 Å². The van der Waals surface area contributed by atoms with E-state index in [1.807, 2.05) is 30.3 Å². The Kier molecular flexibility index (Phi) is 2.70. The summed E-state index contributed by atoms with van der Waals surface area (Å²) in [6.45, 7) is 2.30. The average molecular weight is 184 g/mol. The minimum atomic E-state index is -0.301. The summed E-state index contributed by atoms with van der Waals surface area (Å²) in [6, 6.07) is 2.03. The molecule has 3 nitrogen and oxygen atoms in total. The Bertz CT molecular complexity index is 282. The molecule has 4 heteroatoms. The Morgan fingerprint density at radius 1 is 1.75 bits per heavy atom. The van der Waals surface area contributed by atoms with Crippen molar-refractivity contribution in [3.63, 3.8) is 0 Å². The van der Waals surface area contributed by atoms with Crippen molar-refractivity contribution in [1.82, 2.24) is 0 Å². The molecule has 66 valence electrons. The number of aryl methyl sites for hydroxylation is 1. The summed E-state index contributed by atoms with van der Waals surface area (Å²) in [5.41, 5.74) is 6.26. The summed E-state index contributed by atoms with van der Waals surface area (Å²) in [5, 5.41) is 3.11. The molecule has 0 aromatic carbocycles. The van der Waals surface area contributed by atoms with E-state index in [-0.39, 0.29) is 12.5 Å². The van der Waals surface area contributed by atoms with E-state index in [0.29, 0.717) is 0 Å². The predicted molar refractivity (Wildman–Crippen MR) is 51.5 cm³/mol. The maximum absolute atomic E-state index is 10.6. The first-order valence-electron chi connectivity index (χ1n) is 3.65. The molecule has 0 aliphatic rings. The van der Waals surface area contributed by atoms with Crippen LogP contribution in [-0.2, 0) is 4.79 Å². The van der Waals surface area contributed by atoms with Crippen LogP contribution in [0.25, 0.3) is 0 Å². The number of rotatable bonds is 3. The van der Waals surface area contributed by atoms with Crippen LogP contribution in [0.3, 0.4) is 0 Å². The van der Waals surface area contributed by atoms with Crippen molar-refractivity contribution in [2.24, 2.45) is 5.73 Å². The summed E-state index contributed by atoms with van der Waals surface area (Å²) in [4.78, 5) is 12.5. The second kappa shape index (κ2) is 3.58. The van der Waals surface area contributed by atoms with E-state index < -0.39 is 0 Å². The SMILES string of the molecule is Cc1ccsc1N(C)CC(N)=O. The van der Waals surface area contributed by atoms with Crippen molar-refractivity contribution in [1.29, 1.82) is 0 Å². The van der Waals surface area contributed by atoms with Gasteiger partial charge in [0.2, 0.25) is 5.91 Å². The Balaban J connectivity index is 2.71. The maximum Gasteiger partial charge on any atom is 0.236 e. The van der Waals surface area contributed by atoms with Gasteiger partial charge in [0.15, 0.2) is 0 Å². The van der Waals surface area contributed by atoms with Gasteiger partial charge in [-0.1, -0.05) is 0 Å². The molecule has 1 aromatic heterocycles. The van der Waals surface area contributed by atoms with Crippen molar-refractivity contribution in [2.45, 2.75) is 6.92 Å². The van der Waals surface area contributed by atoms with Crippen molar-refractivity contribution < 1.29 is 4.79 Å². The van der Waals surface area contributed by atoms with Crippen LogP contribution in [0.5, 0.6) is 0 Å². The number of hydrogen-bond donors (Lipinski definition) is 1. The number of hydrogen-bond acceptors (Lipinski definition) is 3. The molecule has 1 heterocycles. The van der Waals surface area contributed by atoms with Crippen LogP contribution >= 0.6 is 11.3 Å². The lowest BCUT2D eigenvalue weighted by molar-refractivity contribution is -0.116. The highest BCUT2D eigenvalue weighted by atomic mass is 32.1. The van der Waals surface area contributed by atoms with Crippen LogP contribution in [0.4, 0.5) is 5.00 Å². The summed E-state index contributed by atoms with van der Waals surface area (Å²) >= 11 is 1.62. The zero-order chi connectivity index (χ0) is 9.14. The van der Waals surface area contributed by atoms with E-state index in [9.17, 15) is 4.79 Å². The minimum absolute atomic E-state index is 0.279. The van der Waals surface area contributed by atoms with Crippen molar-refractivity contribution >= 4 is 22.2 Å². The predicted octanol–water partition coefficient (Wildman–Crippen LogP) is 0.978. The first-order chi connectivity index (χ1) is 5.61. The smallest absolute Gasteiger partial charge is 0.236 e. The van der Waals surface area contributed by atoms with Crippen LogP contribution in [0.1, 0.15) is 5.56 Å². The largest absolute Gasteiger partial charge is 0.368 e. The molecule has 1 rings (SSSR count). The second-order valence-corrected chi connectivity index (χ2v) is 3.63. The molecule has 0 spiro atoms. The first kappa shape index (κ1) is 9.06. The van der Waals surface area contributed by atoms with Gasteiger partial charge in [0, 0.05) is 7.05 Å². The molecule has 12 heavy (non-hydrogen) atoms. The highest BCUT2D eigenvalue weighted by molar-refractivity contribution is 7.14. The molecule has 0 aliphatic heterocycles. The van der Waals surface area contributed by atoms with Crippen molar-refractivity contribution in [3.05, 3.63) is 17.0 Å². The van der Waals surface area contributed by atoms with Crippen LogP contribution in [0.2, 0.25) is 0 Å². The summed E-state index contributed by atoms with van der Waals surface area (Å²) in [7, 11) is 1.86. The quantitative estimate of drug-likeness (QED) is 0.761. The Morgan fingerprint density at radius 3 is 2.83 bits per heavy atom. The Labute approximate surface area is 75.8 Å². The number of thiophene rings is 1. The lowest BCUT2D eigenvalue weighted by atomic mass is 10.3. The van der Waals surface area contributed by atoms with E-state index in [1.54, 1.807) is 11.3 Å². The van der Waals surface area contributed by atoms with Gasteiger partial charge in [-0.15, -0.1) is 11.3 Å². The number of likely N-dealkylation sites (N-methyl/N-ethyl adjacent to an activating group) is 1. The maximum atomic E-state index is 10.6. The van der Waals surface area contributed by atoms with E-state index >= 15 is 0 Å². The van der Waals surface area contributed by atoms with Crippen LogP contribution < -0.4 is 10.6 Å². The normalized spacial score (nSPS) is 9.83. The lowest BCUT2D eigenvalue weighted by Crippen LogP contribution is -2.30. The van der Waals surface area contributed by atoms with Gasteiger partial charge in [-0.05, 0) is 23.9 Å². The van der Waals surface area contributed by atoms with Gasteiger partial charge in [0.05, 0.1) is 11.5 Å². The molecule has 0 bridgehead atoms. The second-order valence-electron chi connectivity index (χ2n) is 2.73. The number of carbonyl (C=O) groups excluding carboxylic acids is 1. The highest BCUT2D eigenvalue weighted by Gasteiger charge is 2.07. The number of anilines is 1. The molecule has 1 amide bonds. The van der Waals surface area contributed by atoms with Gasteiger partial charge >= 0.3 is 0 Å². The minimum Gasteiger partial charge on any atom is -0.368 e. The fourth-order valence-electron chi connectivity index (χ4n) is 1.06. The average Bonchev–Trinajstić information content (AvgIpc) is 2.33. The van der Waals surface area contributed by atoms with Crippen LogP contribution in [-0.4, -0.2) is 19.5 Å². The topological polar surface area (TPSA) is 46.3 Å². The third-order valence-electron chi connectivity index (χ3n) is 1.57. The van der Waals surface area contributed by atoms with Gasteiger partial charge in [-0.2, -0.15) is 0 Å². The Hall–Kier alpha value is -1.03. The van der Waals surface area contributed by atoms with Crippen molar-refractivity contribution in [3.8, 4) is 0 Å².